The summed E-state index contributed by atoms with van der Waals surface area (Å²) < 4.78 is 12.2. The molecule has 1 aliphatic carbocycles. The summed E-state index contributed by atoms with van der Waals surface area (Å²) in [6, 6.07) is 10.7. The van der Waals surface area contributed by atoms with E-state index >= 15 is 0 Å². The van der Waals surface area contributed by atoms with Gasteiger partial charge in [-0.15, -0.1) is 0 Å². The van der Waals surface area contributed by atoms with Gasteiger partial charge in [0, 0.05) is 48.5 Å². The zero-order valence-electron chi connectivity index (χ0n) is 19.7. The SMILES string of the molecule is CC1=C(C)C2=C(N)C(C)(CN3CCC(OCCCc4ccccc4)CC3)CC2=C(C)O1. The highest BCUT2D eigenvalue weighted by Crippen LogP contribution is 2.50. The van der Waals surface area contributed by atoms with Crippen LogP contribution < -0.4 is 5.73 Å². The van der Waals surface area contributed by atoms with Crippen LogP contribution in [0.2, 0.25) is 0 Å². The molecule has 4 heteroatoms. The van der Waals surface area contributed by atoms with Crippen molar-refractivity contribution in [2.24, 2.45) is 11.1 Å². The van der Waals surface area contributed by atoms with Crippen LogP contribution >= 0.6 is 0 Å². The molecule has 0 saturated carbocycles. The Kier molecular flexibility index (Phi) is 6.59. The van der Waals surface area contributed by atoms with Gasteiger partial charge >= 0.3 is 0 Å². The minimum Gasteiger partial charge on any atom is -0.466 e. The number of likely N-dealkylation sites (tertiary alicyclic amines) is 1. The third-order valence-electron chi connectivity index (χ3n) is 7.34. The Hall–Kier alpha value is -2.04. The van der Waals surface area contributed by atoms with Crippen LogP contribution in [0.1, 0.15) is 58.9 Å². The maximum Gasteiger partial charge on any atom is 0.104 e. The number of aryl methyl sites for hydroxylation is 1. The van der Waals surface area contributed by atoms with E-state index in [2.05, 4.69) is 56.0 Å². The summed E-state index contributed by atoms with van der Waals surface area (Å²) in [6.45, 7) is 12.6. The Labute approximate surface area is 187 Å². The summed E-state index contributed by atoms with van der Waals surface area (Å²) in [6.07, 6.45) is 5.78. The van der Waals surface area contributed by atoms with Crippen molar-refractivity contribution in [2.75, 3.05) is 26.2 Å². The molecule has 2 aliphatic heterocycles. The topological polar surface area (TPSA) is 47.7 Å². The van der Waals surface area contributed by atoms with Gasteiger partial charge in [-0.05, 0) is 64.0 Å². The molecule has 1 fully saturated rings. The van der Waals surface area contributed by atoms with E-state index in [1.54, 1.807) is 0 Å². The molecular formula is C27H38N2O2. The highest BCUT2D eigenvalue weighted by molar-refractivity contribution is 5.58. The van der Waals surface area contributed by atoms with Gasteiger partial charge in [0.2, 0.25) is 0 Å². The number of nitrogens with zero attached hydrogens (tertiary/aromatic N) is 1. The number of piperidine rings is 1. The fourth-order valence-corrected chi connectivity index (χ4v) is 5.35. The van der Waals surface area contributed by atoms with Crippen LogP contribution in [0, 0.1) is 5.41 Å². The molecule has 1 aromatic rings. The lowest BCUT2D eigenvalue weighted by atomic mass is 9.85. The Balaban J connectivity index is 1.26. The van der Waals surface area contributed by atoms with Crippen molar-refractivity contribution in [3.05, 3.63) is 69.8 Å². The third-order valence-corrected chi connectivity index (χ3v) is 7.34. The highest BCUT2D eigenvalue weighted by atomic mass is 16.5. The second-order valence-corrected chi connectivity index (χ2v) is 9.78. The van der Waals surface area contributed by atoms with Gasteiger partial charge in [-0.1, -0.05) is 37.3 Å². The number of fused-ring (bicyclic) bond motifs is 1. The van der Waals surface area contributed by atoms with Crippen LogP contribution in [0.3, 0.4) is 0 Å². The highest BCUT2D eigenvalue weighted by Gasteiger charge is 2.43. The minimum atomic E-state index is -0.0233. The molecule has 3 aliphatic rings. The van der Waals surface area contributed by atoms with Crippen molar-refractivity contribution in [2.45, 2.75) is 65.9 Å². The Morgan fingerprint density at radius 1 is 1.10 bits per heavy atom. The average molecular weight is 423 g/mol. The summed E-state index contributed by atoms with van der Waals surface area (Å²) in [5.41, 5.74) is 12.9. The fraction of sp³-hybridized carbons (Fsp3) is 0.556. The number of rotatable bonds is 7. The molecule has 1 atom stereocenters. The second-order valence-electron chi connectivity index (χ2n) is 9.78. The van der Waals surface area contributed by atoms with E-state index in [4.69, 9.17) is 15.2 Å². The van der Waals surface area contributed by atoms with E-state index in [1.807, 2.05) is 6.92 Å². The molecule has 0 amide bonds. The molecule has 168 valence electrons. The van der Waals surface area contributed by atoms with Gasteiger partial charge < -0.3 is 20.1 Å². The van der Waals surface area contributed by atoms with E-state index < -0.39 is 0 Å². The number of hydrogen-bond acceptors (Lipinski definition) is 4. The molecule has 4 nitrogen and oxygen atoms in total. The Morgan fingerprint density at radius 3 is 2.52 bits per heavy atom. The van der Waals surface area contributed by atoms with Gasteiger partial charge in [0.05, 0.1) is 6.10 Å². The smallest absolute Gasteiger partial charge is 0.104 e. The molecular weight excluding hydrogens is 384 g/mol. The first-order chi connectivity index (χ1) is 14.9. The monoisotopic (exact) mass is 422 g/mol. The van der Waals surface area contributed by atoms with Gasteiger partial charge in [0.1, 0.15) is 11.5 Å². The zero-order chi connectivity index (χ0) is 22.0. The van der Waals surface area contributed by atoms with E-state index in [0.717, 1.165) is 75.6 Å². The largest absolute Gasteiger partial charge is 0.466 e. The molecule has 2 heterocycles. The number of ether oxygens (including phenoxy) is 2. The van der Waals surface area contributed by atoms with Crippen LogP contribution in [0.15, 0.2) is 64.3 Å². The summed E-state index contributed by atoms with van der Waals surface area (Å²) in [5, 5.41) is 0. The predicted molar refractivity (Wildman–Crippen MR) is 126 cm³/mol. The fourth-order valence-electron chi connectivity index (χ4n) is 5.35. The number of hydrogen-bond donors (Lipinski definition) is 1. The maximum atomic E-state index is 6.76. The van der Waals surface area contributed by atoms with Crippen molar-refractivity contribution >= 4 is 0 Å². The maximum absolute atomic E-state index is 6.76. The second kappa shape index (κ2) is 9.22. The van der Waals surface area contributed by atoms with Crippen molar-refractivity contribution in [3.8, 4) is 0 Å². The van der Waals surface area contributed by atoms with E-state index in [-0.39, 0.29) is 5.41 Å². The van der Waals surface area contributed by atoms with Crippen molar-refractivity contribution in [1.82, 2.24) is 4.90 Å². The molecule has 0 bridgehead atoms. The number of nitrogens with two attached hydrogens (primary N) is 1. The summed E-state index contributed by atoms with van der Waals surface area (Å²) >= 11 is 0. The van der Waals surface area contributed by atoms with Gasteiger partial charge in [-0.25, -0.2) is 0 Å². The van der Waals surface area contributed by atoms with Crippen LogP contribution in [-0.4, -0.2) is 37.2 Å². The van der Waals surface area contributed by atoms with E-state index in [1.165, 1.54) is 22.3 Å². The van der Waals surface area contributed by atoms with Gasteiger partial charge in [0.25, 0.3) is 0 Å². The molecule has 1 aromatic carbocycles. The van der Waals surface area contributed by atoms with Gasteiger partial charge in [-0.3, -0.25) is 0 Å². The Morgan fingerprint density at radius 2 is 1.81 bits per heavy atom. The molecule has 2 N–H and O–H groups in total. The quantitative estimate of drug-likeness (QED) is 0.604. The molecule has 4 rings (SSSR count). The molecule has 0 spiro atoms. The van der Waals surface area contributed by atoms with Crippen LogP contribution in [0.25, 0.3) is 0 Å². The van der Waals surface area contributed by atoms with Crippen LogP contribution in [0.4, 0.5) is 0 Å². The third kappa shape index (κ3) is 4.75. The molecule has 1 saturated heterocycles. The first-order valence-electron chi connectivity index (χ1n) is 11.8. The van der Waals surface area contributed by atoms with Crippen LogP contribution in [-0.2, 0) is 15.9 Å². The van der Waals surface area contributed by atoms with Gasteiger partial charge in [0.15, 0.2) is 0 Å². The van der Waals surface area contributed by atoms with Crippen molar-refractivity contribution < 1.29 is 9.47 Å². The first-order valence-corrected chi connectivity index (χ1v) is 11.8. The lowest BCUT2D eigenvalue weighted by Gasteiger charge is -2.37. The molecule has 0 radical (unpaired) electrons. The number of allylic oxidation sites excluding steroid dienone is 5. The van der Waals surface area contributed by atoms with Crippen molar-refractivity contribution in [3.63, 3.8) is 0 Å². The summed E-state index contributed by atoms with van der Waals surface area (Å²) in [4.78, 5) is 2.58. The Bertz CT molecular complexity index is 891. The van der Waals surface area contributed by atoms with E-state index in [9.17, 15) is 0 Å². The summed E-state index contributed by atoms with van der Waals surface area (Å²) in [5.74, 6) is 2.00. The lowest BCUT2D eigenvalue weighted by molar-refractivity contribution is 0.000989. The summed E-state index contributed by atoms with van der Waals surface area (Å²) in [7, 11) is 0. The molecule has 31 heavy (non-hydrogen) atoms. The first kappa shape index (κ1) is 22.2. The number of benzene rings is 1. The normalized spacial score (nSPS) is 25.3. The average Bonchev–Trinajstić information content (AvgIpc) is 3.03. The molecule has 0 aromatic heterocycles. The standard InChI is InChI=1S/C27H38N2O2/c1-19-20(2)31-21(3)24-17-27(4,26(28)25(19)24)18-29-14-12-23(13-15-29)30-16-8-11-22-9-6-5-7-10-22/h5-7,9-10,23H,8,11-18,28H2,1-4H3. The van der Waals surface area contributed by atoms with E-state index in [0.29, 0.717) is 6.10 Å². The minimum absolute atomic E-state index is 0.0233. The predicted octanol–water partition coefficient (Wildman–Crippen LogP) is 5.32. The van der Waals surface area contributed by atoms with Crippen molar-refractivity contribution in [1.29, 1.82) is 0 Å². The lowest BCUT2D eigenvalue weighted by Crippen LogP contribution is -2.43. The van der Waals surface area contributed by atoms with Gasteiger partial charge in [-0.2, -0.15) is 0 Å². The van der Waals surface area contributed by atoms with Crippen LogP contribution in [0.5, 0.6) is 0 Å². The molecule has 1 unspecified atom stereocenters. The zero-order valence-corrected chi connectivity index (χ0v) is 19.7.